The molecule has 0 radical (unpaired) electrons. The molecular formula is C22H24FNO. The largest absolute Gasteiger partial charge is 0.457 e. The molecule has 0 spiro atoms. The molecule has 0 N–H and O–H groups in total. The molecule has 130 valence electrons. The summed E-state index contributed by atoms with van der Waals surface area (Å²) in [6, 6.07) is 17.1. The monoisotopic (exact) mass is 337 g/mol. The van der Waals surface area contributed by atoms with E-state index in [1.807, 2.05) is 18.2 Å². The van der Waals surface area contributed by atoms with Crippen LogP contribution in [0.3, 0.4) is 0 Å². The minimum absolute atomic E-state index is 0.239. The number of benzene rings is 2. The van der Waals surface area contributed by atoms with Crippen LogP contribution in [0.15, 0.2) is 60.2 Å². The molecule has 2 aliphatic rings. The maximum absolute atomic E-state index is 13.2. The molecule has 1 unspecified atom stereocenters. The van der Waals surface area contributed by atoms with Crippen molar-refractivity contribution in [2.24, 2.45) is 0 Å². The minimum Gasteiger partial charge on any atom is -0.457 e. The second-order valence-corrected chi connectivity index (χ2v) is 6.93. The summed E-state index contributed by atoms with van der Waals surface area (Å²) in [4.78, 5) is 2.57. The van der Waals surface area contributed by atoms with Crippen molar-refractivity contribution < 1.29 is 9.13 Å². The van der Waals surface area contributed by atoms with E-state index in [1.54, 1.807) is 12.1 Å². The molecule has 4 rings (SSSR count). The summed E-state index contributed by atoms with van der Waals surface area (Å²) in [5.41, 5.74) is 2.51. The highest BCUT2D eigenvalue weighted by molar-refractivity contribution is 5.66. The number of likely N-dealkylation sites (tertiary alicyclic amines) is 1. The van der Waals surface area contributed by atoms with Crippen LogP contribution in [0.1, 0.15) is 37.7 Å². The molecule has 2 aromatic carbocycles. The normalized spacial score (nSPS) is 23.0. The van der Waals surface area contributed by atoms with Crippen LogP contribution in [0.5, 0.6) is 5.75 Å². The Morgan fingerprint density at radius 1 is 0.920 bits per heavy atom. The van der Waals surface area contributed by atoms with Crippen LogP contribution in [0.2, 0.25) is 0 Å². The van der Waals surface area contributed by atoms with Gasteiger partial charge in [0.05, 0.1) is 0 Å². The lowest BCUT2D eigenvalue weighted by molar-refractivity contribution is 0.120. The predicted molar refractivity (Wildman–Crippen MR) is 98.8 cm³/mol. The SMILES string of the molecule is Fc1ccc(OC(=C2CCCCC2N2CCC2)c2ccccc2)cc1. The number of nitrogens with zero attached hydrogens (tertiary/aromatic N) is 1. The van der Waals surface area contributed by atoms with E-state index in [4.69, 9.17) is 4.74 Å². The Kier molecular flexibility index (Phi) is 4.84. The number of rotatable bonds is 4. The van der Waals surface area contributed by atoms with E-state index in [9.17, 15) is 4.39 Å². The standard InChI is InChI=1S/C22H24FNO/c23-18-11-13-19(14-12-18)25-22(17-7-2-1-3-8-17)20-9-4-5-10-21(20)24-15-6-16-24/h1-3,7-8,11-14,21H,4-6,9-10,15-16H2. The Bertz CT molecular complexity index is 734. The first-order valence-corrected chi connectivity index (χ1v) is 9.27. The molecule has 3 heteroatoms. The third-order valence-corrected chi connectivity index (χ3v) is 5.27. The second kappa shape index (κ2) is 7.40. The van der Waals surface area contributed by atoms with Gasteiger partial charge in [0.25, 0.3) is 0 Å². The van der Waals surface area contributed by atoms with Crippen LogP contribution < -0.4 is 4.74 Å². The van der Waals surface area contributed by atoms with Gasteiger partial charge in [-0.2, -0.15) is 0 Å². The molecule has 2 fully saturated rings. The van der Waals surface area contributed by atoms with Gasteiger partial charge in [-0.25, -0.2) is 4.39 Å². The van der Waals surface area contributed by atoms with Crippen molar-refractivity contribution in [3.8, 4) is 5.75 Å². The summed E-state index contributed by atoms with van der Waals surface area (Å²) >= 11 is 0. The number of halogens is 1. The minimum atomic E-state index is -0.239. The average Bonchev–Trinajstić information content (AvgIpc) is 2.61. The molecule has 2 aromatic rings. The van der Waals surface area contributed by atoms with Gasteiger partial charge in [-0.05, 0) is 68.6 Å². The van der Waals surface area contributed by atoms with Gasteiger partial charge < -0.3 is 4.74 Å². The quantitative estimate of drug-likeness (QED) is 0.705. The lowest BCUT2D eigenvalue weighted by atomic mass is 9.85. The van der Waals surface area contributed by atoms with E-state index < -0.39 is 0 Å². The Morgan fingerprint density at radius 2 is 1.68 bits per heavy atom. The number of ether oxygens (including phenoxy) is 1. The predicted octanol–water partition coefficient (Wildman–Crippen LogP) is 5.26. The second-order valence-electron chi connectivity index (χ2n) is 6.93. The fourth-order valence-electron chi connectivity index (χ4n) is 3.83. The zero-order valence-electron chi connectivity index (χ0n) is 14.5. The summed E-state index contributed by atoms with van der Waals surface area (Å²) in [6.07, 6.45) is 6.07. The molecule has 1 saturated carbocycles. The lowest BCUT2D eigenvalue weighted by Gasteiger charge is -2.42. The van der Waals surface area contributed by atoms with Crippen LogP contribution in [-0.2, 0) is 0 Å². The summed E-state index contributed by atoms with van der Waals surface area (Å²) in [5, 5.41) is 0. The maximum atomic E-state index is 13.2. The summed E-state index contributed by atoms with van der Waals surface area (Å²) < 4.78 is 19.6. The van der Waals surface area contributed by atoms with Gasteiger partial charge in [0.2, 0.25) is 0 Å². The van der Waals surface area contributed by atoms with Crippen molar-refractivity contribution in [1.82, 2.24) is 4.90 Å². The molecule has 1 aliphatic heterocycles. The van der Waals surface area contributed by atoms with Crippen LogP contribution in [0.25, 0.3) is 5.76 Å². The Morgan fingerprint density at radius 3 is 2.36 bits per heavy atom. The molecule has 0 aromatic heterocycles. The van der Waals surface area contributed by atoms with Gasteiger partial charge in [0.1, 0.15) is 17.3 Å². The van der Waals surface area contributed by atoms with Crippen molar-refractivity contribution in [1.29, 1.82) is 0 Å². The van der Waals surface area contributed by atoms with Gasteiger partial charge >= 0.3 is 0 Å². The maximum Gasteiger partial charge on any atom is 0.135 e. The third kappa shape index (κ3) is 3.62. The Hall–Kier alpha value is -2.13. The zero-order valence-corrected chi connectivity index (χ0v) is 14.5. The molecule has 1 atom stereocenters. The Labute approximate surface area is 148 Å². The van der Waals surface area contributed by atoms with E-state index >= 15 is 0 Å². The highest BCUT2D eigenvalue weighted by Crippen LogP contribution is 2.36. The third-order valence-electron chi connectivity index (χ3n) is 5.27. The summed E-state index contributed by atoms with van der Waals surface area (Å²) in [7, 11) is 0. The van der Waals surface area contributed by atoms with Crippen LogP contribution >= 0.6 is 0 Å². The van der Waals surface area contributed by atoms with E-state index in [-0.39, 0.29) is 5.82 Å². The molecule has 1 aliphatic carbocycles. The molecule has 1 heterocycles. The van der Waals surface area contributed by atoms with Gasteiger partial charge in [-0.3, -0.25) is 4.90 Å². The fourth-order valence-corrected chi connectivity index (χ4v) is 3.83. The van der Waals surface area contributed by atoms with E-state index in [0.717, 1.165) is 17.7 Å². The van der Waals surface area contributed by atoms with Gasteiger partial charge in [-0.15, -0.1) is 0 Å². The first kappa shape index (κ1) is 16.3. The van der Waals surface area contributed by atoms with Crippen molar-refractivity contribution in [2.45, 2.75) is 38.1 Å². The van der Waals surface area contributed by atoms with Gasteiger partial charge in [0.15, 0.2) is 0 Å². The van der Waals surface area contributed by atoms with E-state index in [1.165, 1.54) is 56.5 Å². The molecule has 25 heavy (non-hydrogen) atoms. The van der Waals surface area contributed by atoms with Crippen LogP contribution in [0, 0.1) is 5.82 Å². The van der Waals surface area contributed by atoms with Gasteiger partial charge in [-0.1, -0.05) is 36.8 Å². The van der Waals surface area contributed by atoms with Crippen molar-refractivity contribution in [3.63, 3.8) is 0 Å². The van der Waals surface area contributed by atoms with Crippen LogP contribution in [-0.4, -0.2) is 24.0 Å². The topological polar surface area (TPSA) is 12.5 Å². The highest BCUT2D eigenvalue weighted by Gasteiger charge is 2.31. The average molecular weight is 337 g/mol. The van der Waals surface area contributed by atoms with Crippen molar-refractivity contribution >= 4 is 5.76 Å². The van der Waals surface area contributed by atoms with Crippen LogP contribution in [0.4, 0.5) is 4.39 Å². The first-order valence-electron chi connectivity index (χ1n) is 9.27. The van der Waals surface area contributed by atoms with Crippen molar-refractivity contribution in [3.05, 3.63) is 71.6 Å². The molecule has 0 amide bonds. The molecule has 1 saturated heterocycles. The van der Waals surface area contributed by atoms with Crippen molar-refractivity contribution in [2.75, 3.05) is 13.1 Å². The zero-order chi connectivity index (χ0) is 17.1. The smallest absolute Gasteiger partial charge is 0.135 e. The molecule has 2 nitrogen and oxygen atoms in total. The number of hydrogen-bond donors (Lipinski definition) is 0. The van der Waals surface area contributed by atoms with E-state index in [2.05, 4.69) is 17.0 Å². The molecular weight excluding hydrogens is 313 g/mol. The summed E-state index contributed by atoms with van der Waals surface area (Å²) in [6.45, 7) is 2.37. The molecule has 0 bridgehead atoms. The van der Waals surface area contributed by atoms with E-state index in [0.29, 0.717) is 11.8 Å². The first-order chi connectivity index (χ1) is 12.3. The highest BCUT2D eigenvalue weighted by atomic mass is 19.1. The fraction of sp³-hybridized carbons (Fsp3) is 0.364. The summed E-state index contributed by atoms with van der Waals surface area (Å²) in [5.74, 6) is 1.42. The number of hydrogen-bond acceptors (Lipinski definition) is 2. The Balaban J connectivity index is 1.73. The van der Waals surface area contributed by atoms with Gasteiger partial charge in [0, 0.05) is 11.6 Å². The lowest BCUT2D eigenvalue weighted by Crippen LogP contribution is -2.47.